The van der Waals surface area contributed by atoms with Gasteiger partial charge < -0.3 is 29.1 Å². The summed E-state index contributed by atoms with van der Waals surface area (Å²) in [5, 5.41) is 0. The van der Waals surface area contributed by atoms with Gasteiger partial charge in [0.25, 0.3) is 0 Å². The Morgan fingerprint density at radius 2 is 0.855 bits per heavy atom. The number of nitrogens with zero attached hydrogens (tertiary/aromatic N) is 8. The molecular weight excluding hydrogens is 677 g/mol. The van der Waals surface area contributed by atoms with Crippen molar-refractivity contribution in [2.24, 2.45) is 18.9 Å². The lowest BCUT2D eigenvalue weighted by atomic mass is 9.84. The molecule has 0 radical (unpaired) electrons. The predicted octanol–water partition coefficient (Wildman–Crippen LogP) is 9.61. The predicted molar refractivity (Wildman–Crippen MR) is 246 cm³/mol. The van der Waals surface area contributed by atoms with Gasteiger partial charge in [-0.1, -0.05) is 118 Å². The van der Waals surface area contributed by atoms with E-state index < -0.39 is 0 Å². The Morgan fingerprint density at radius 3 is 1.13 bits per heavy atom. The zero-order valence-corrected chi connectivity index (χ0v) is 39.6. The molecule has 1 aliphatic carbocycles. The first kappa shape index (κ1) is 55.3. The lowest BCUT2D eigenvalue weighted by molar-refractivity contribution is 0.119. The molecule has 0 spiro atoms. The molecule has 4 saturated heterocycles. The second kappa shape index (κ2) is 37.7. The lowest BCUT2D eigenvalue weighted by Gasteiger charge is -2.36. The van der Waals surface area contributed by atoms with Crippen LogP contribution >= 0.6 is 0 Å². The second-order valence-electron chi connectivity index (χ2n) is 15.6. The Hall–Kier alpha value is -1.81. The fourth-order valence-electron chi connectivity index (χ4n) is 6.34. The van der Waals surface area contributed by atoms with Crippen molar-refractivity contribution >= 4 is 0 Å². The molecule has 55 heavy (non-hydrogen) atoms. The molecule has 1 aromatic carbocycles. The van der Waals surface area contributed by atoms with Gasteiger partial charge in [-0.2, -0.15) is 0 Å². The highest BCUT2D eigenvalue weighted by Crippen LogP contribution is 2.27. The minimum Gasteiger partial charge on any atom is -0.341 e. The number of piperidine rings is 1. The Morgan fingerprint density at radius 1 is 0.491 bits per heavy atom. The summed E-state index contributed by atoms with van der Waals surface area (Å²) in [4.78, 5) is 18.2. The van der Waals surface area contributed by atoms with Gasteiger partial charge in [-0.25, -0.2) is 4.98 Å². The maximum Gasteiger partial charge on any atom is 0.0943 e. The van der Waals surface area contributed by atoms with Gasteiger partial charge in [0.15, 0.2) is 0 Å². The fourth-order valence-corrected chi connectivity index (χ4v) is 6.34. The van der Waals surface area contributed by atoms with Gasteiger partial charge in [0.2, 0.25) is 0 Å². The number of hydrogen-bond donors (Lipinski definition) is 0. The number of hydrogen-bond acceptors (Lipinski definition) is 7. The molecule has 5 heterocycles. The molecule has 5 fully saturated rings. The highest BCUT2D eigenvalue weighted by atomic mass is 15.3. The SMILES string of the molecule is CC.CC.CC.CC(c1ccccc1)N1CCN(C)CC1.CC1CCC(C)CC1.CN1CCC1.CN1CCCCC1.CN1CCN(C)CC1.Cn1ccnc1. The number of benzene rings is 1. The summed E-state index contributed by atoms with van der Waals surface area (Å²) >= 11 is 0. The monoisotopic (exact) mass is 773 g/mol. The Bertz CT molecular complexity index is 945. The number of likely N-dealkylation sites (tertiary alicyclic amines) is 2. The molecule has 4 aliphatic heterocycles. The largest absolute Gasteiger partial charge is 0.341 e. The summed E-state index contributed by atoms with van der Waals surface area (Å²) in [6.45, 7) is 34.0. The molecule has 0 amide bonds. The van der Waals surface area contributed by atoms with Gasteiger partial charge in [-0.05, 0) is 105 Å². The number of aryl methyl sites for hydroxylation is 1. The standard InChI is InChI=1S/C13H20N2.C8H16.C6H14N2.C6H13N.C4H6N2.C4H9N.3C2H6/c1-12(13-6-4-3-5-7-13)15-10-8-14(2)9-11-15;2*1-7-3-5-8(2)6-4-7;1-7-5-3-2-4-6-7;1-6-3-2-5-4-6;1-5-3-2-4-5;3*1-2/h3-7,12H,8-11H2,1-2H3;7-8H,3-6H2,1-2H3;3-6H2,1-2H3;2-6H2,1H3;2-4H,1H3;2-4H2,1H3;3*1-2H3. The van der Waals surface area contributed by atoms with Crippen molar-refractivity contribution in [2.45, 2.75) is 120 Å². The van der Waals surface area contributed by atoms with E-state index in [1.165, 1.54) is 135 Å². The first-order valence-electron chi connectivity index (χ1n) is 22.7. The van der Waals surface area contributed by atoms with E-state index in [0.717, 1.165) is 11.8 Å². The molecule has 7 rings (SSSR count). The molecule has 1 saturated carbocycles. The number of aromatic nitrogens is 2. The Kier molecular flexibility index (Phi) is 37.9. The molecule has 324 valence electrons. The van der Waals surface area contributed by atoms with Crippen LogP contribution in [0.25, 0.3) is 0 Å². The summed E-state index contributed by atoms with van der Waals surface area (Å²) in [7, 11) is 12.8. The number of likely N-dealkylation sites (N-methyl/N-ethyl adjacent to an activating group) is 3. The summed E-state index contributed by atoms with van der Waals surface area (Å²) in [6, 6.07) is 11.3. The van der Waals surface area contributed by atoms with E-state index in [1.54, 1.807) is 12.5 Å². The van der Waals surface area contributed by atoms with E-state index in [1.807, 2.05) is 59.4 Å². The van der Waals surface area contributed by atoms with Crippen LogP contribution in [0.2, 0.25) is 0 Å². The van der Waals surface area contributed by atoms with Crippen molar-refractivity contribution < 1.29 is 0 Å². The van der Waals surface area contributed by atoms with Crippen LogP contribution in [0.3, 0.4) is 0 Å². The van der Waals surface area contributed by atoms with Crippen LogP contribution in [0.5, 0.6) is 0 Å². The van der Waals surface area contributed by atoms with Crippen LogP contribution in [0.4, 0.5) is 0 Å². The van der Waals surface area contributed by atoms with E-state index >= 15 is 0 Å². The average molecular weight is 773 g/mol. The van der Waals surface area contributed by atoms with Crippen LogP contribution in [0, 0.1) is 11.8 Å². The second-order valence-corrected chi connectivity index (χ2v) is 15.6. The van der Waals surface area contributed by atoms with Gasteiger partial charge in [-0.15, -0.1) is 0 Å². The highest BCUT2D eigenvalue weighted by Gasteiger charge is 2.19. The van der Waals surface area contributed by atoms with Crippen LogP contribution in [-0.2, 0) is 7.05 Å². The normalized spacial score (nSPS) is 22.3. The zero-order valence-electron chi connectivity index (χ0n) is 39.6. The van der Waals surface area contributed by atoms with E-state index in [9.17, 15) is 0 Å². The highest BCUT2D eigenvalue weighted by molar-refractivity contribution is 5.18. The van der Waals surface area contributed by atoms with Gasteiger partial charge >= 0.3 is 0 Å². The van der Waals surface area contributed by atoms with Gasteiger partial charge in [-0.3, -0.25) is 4.90 Å². The molecule has 2 aromatic rings. The smallest absolute Gasteiger partial charge is 0.0943 e. The molecule has 5 aliphatic rings. The van der Waals surface area contributed by atoms with Crippen molar-refractivity contribution in [3.05, 3.63) is 54.6 Å². The maximum absolute atomic E-state index is 3.78. The Labute approximate surface area is 345 Å². The number of rotatable bonds is 2. The first-order valence-corrected chi connectivity index (χ1v) is 22.7. The van der Waals surface area contributed by atoms with E-state index in [0.29, 0.717) is 6.04 Å². The lowest BCUT2D eigenvalue weighted by Crippen LogP contribution is -2.45. The van der Waals surface area contributed by atoms with Crippen molar-refractivity contribution in [1.82, 2.24) is 39.0 Å². The van der Waals surface area contributed by atoms with E-state index in [4.69, 9.17) is 0 Å². The minimum atomic E-state index is 0.555. The Balaban J connectivity index is 0. The minimum absolute atomic E-state index is 0.555. The summed E-state index contributed by atoms with van der Waals surface area (Å²) in [5.41, 5.74) is 1.43. The zero-order chi connectivity index (χ0) is 41.9. The van der Waals surface area contributed by atoms with Crippen molar-refractivity contribution in [1.29, 1.82) is 0 Å². The molecule has 1 unspecified atom stereocenters. The van der Waals surface area contributed by atoms with Crippen LogP contribution < -0.4 is 0 Å². The first-order chi connectivity index (χ1) is 26.5. The number of piperazine rings is 2. The number of imidazole rings is 1. The summed E-state index contributed by atoms with van der Waals surface area (Å²) < 4.78 is 1.89. The van der Waals surface area contributed by atoms with Gasteiger partial charge in [0.1, 0.15) is 0 Å². The molecule has 1 aromatic heterocycles. The maximum atomic E-state index is 3.78. The third kappa shape index (κ3) is 30.9. The van der Waals surface area contributed by atoms with Crippen LogP contribution in [0.15, 0.2) is 49.1 Å². The summed E-state index contributed by atoms with van der Waals surface area (Å²) in [6.07, 6.45) is 17.0. The topological polar surface area (TPSA) is 37.3 Å². The fraction of sp³-hybridized carbons (Fsp3) is 0.809. The molecule has 8 nitrogen and oxygen atoms in total. The van der Waals surface area contributed by atoms with Gasteiger partial charge in [0, 0.05) is 77.8 Å². The summed E-state index contributed by atoms with van der Waals surface area (Å²) in [5.74, 6) is 2.04. The van der Waals surface area contributed by atoms with Crippen LogP contribution in [-0.4, -0.2) is 153 Å². The van der Waals surface area contributed by atoms with E-state index in [2.05, 4.69) is 121 Å². The van der Waals surface area contributed by atoms with Gasteiger partial charge in [0.05, 0.1) is 6.33 Å². The van der Waals surface area contributed by atoms with Crippen molar-refractivity contribution in [2.75, 3.05) is 114 Å². The third-order valence-electron chi connectivity index (χ3n) is 10.7. The average Bonchev–Trinajstić information content (AvgIpc) is 3.71. The third-order valence-corrected chi connectivity index (χ3v) is 10.7. The quantitative estimate of drug-likeness (QED) is 0.301. The molecular formula is C47H96N8. The van der Waals surface area contributed by atoms with Crippen molar-refractivity contribution in [3.63, 3.8) is 0 Å². The van der Waals surface area contributed by atoms with E-state index in [-0.39, 0.29) is 0 Å². The molecule has 1 atom stereocenters. The van der Waals surface area contributed by atoms with Crippen molar-refractivity contribution in [3.8, 4) is 0 Å². The van der Waals surface area contributed by atoms with Crippen LogP contribution in [0.1, 0.15) is 125 Å². The molecule has 0 N–H and O–H groups in total. The molecule has 0 bridgehead atoms. The molecule has 8 heteroatoms.